The van der Waals surface area contributed by atoms with E-state index < -0.39 is 0 Å². The van der Waals surface area contributed by atoms with E-state index in [-0.39, 0.29) is 5.91 Å². The standard InChI is InChI=1S/C14H15ClN2O2/c1-9-13(10(2)19-16-9)14(18)17(3)8-11-4-6-12(15)7-5-11/h4-7H,8H2,1-3H3. The molecule has 19 heavy (non-hydrogen) atoms. The summed E-state index contributed by atoms with van der Waals surface area (Å²) in [6, 6.07) is 7.43. The first-order chi connectivity index (χ1) is 8.99. The first-order valence-electron chi connectivity index (χ1n) is 5.92. The number of rotatable bonds is 3. The fourth-order valence-corrected chi connectivity index (χ4v) is 2.04. The first-order valence-corrected chi connectivity index (χ1v) is 6.29. The average molecular weight is 279 g/mol. The Bertz CT molecular complexity index is 570. The van der Waals surface area contributed by atoms with Crippen molar-refractivity contribution in [3.63, 3.8) is 0 Å². The monoisotopic (exact) mass is 278 g/mol. The van der Waals surface area contributed by atoms with Gasteiger partial charge in [-0.15, -0.1) is 0 Å². The summed E-state index contributed by atoms with van der Waals surface area (Å²) in [5, 5.41) is 4.48. The lowest BCUT2D eigenvalue weighted by Crippen LogP contribution is -2.27. The molecular formula is C14H15ClN2O2. The van der Waals surface area contributed by atoms with Crippen molar-refractivity contribution in [3.8, 4) is 0 Å². The Morgan fingerprint density at radius 2 is 1.95 bits per heavy atom. The van der Waals surface area contributed by atoms with Gasteiger partial charge in [-0.25, -0.2) is 0 Å². The zero-order chi connectivity index (χ0) is 14.0. The summed E-state index contributed by atoms with van der Waals surface area (Å²) in [5.41, 5.74) is 2.17. The first kappa shape index (κ1) is 13.6. The second-order valence-corrected chi connectivity index (χ2v) is 4.92. The van der Waals surface area contributed by atoms with Gasteiger partial charge in [-0.2, -0.15) is 0 Å². The molecule has 0 spiro atoms. The van der Waals surface area contributed by atoms with Gasteiger partial charge >= 0.3 is 0 Å². The van der Waals surface area contributed by atoms with E-state index in [0.29, 0.717) is 28.6 Å². The van der Waals surface area contributed by atoms with Crippen LogP contribution in [0.5, 0.6) is 0 Å². The van der Waals surface area contributed by atoms with Crippen molar-refractivity contribution >= 4 is 17.5 Å². The van der Waals surface area contributed by atoms with Gasteiger partial charge in [0.2, 0.25) is 0 Å². The number of carbonyl (C=O) groups excluding carboxylic acids is 1. The van der Waals surface area contributed by atoms with Crippen molar-refractivity contribution in [2.75, 3.05) is 7.05 Å². The normalized spacial score (nSPS) is 10.5. The molecule has 1 aromatic carbocycles. The minimum atomic E-state index is -0.0915. The van der Waals surface area contributed by atoms with Crippen LogP contribution in [-0.2, 0) is 6.54 Å². The molecule has 0 saturated heterocycles. The molecule has 0 atom stereocenters. The third kappa shape index (κ3) is 2.96. The maximum atomic E-state index is 12.3. The van der Waals surface area contributed by atoms with Gasteiger partial charge in [-0.3, -0.25) is 4.79 Å². The summed E-state index contributed by atoms with van der Waals surface area (Å²) in [5.74, 6) is 0.455. The maximum absolute atomic E-state index is 12.3. The SMILES string of the molecule is Cc1noc(C)c1C(=O)N(C)Cc1ccc(Cl)cc1. The summed E-state index contributed by atoms with van der Waals surface area (Å²) >= 11 is 5.83. The lowest BCUT2D eigenvalue weighted by atomic mass is 10.1. The van der Waals surface area contributed by atoms with Crippen molar-refractivity contribution in [2.24, 2.45) is 0 Å². The summed E-state index contributed by atoms with van der Waals surface area (Å²) in [6.45, 7) is 4.02. The van der Waals surface area contributed by atoms with E-state index in [0.717, 1.165) is 5.56 Å². The largest absolute Gasteiger partial charge is 0.361 e. The Morgan fingerprint density at radius 1 is 1.32 bits per heavy atom. The number of carbonyl (C=O) groups is 1. The molecule has 1 heterocycles. The van der Waals surface area contributed by atoms with E-state index in [4.69, 9.17) is 16.1 Å². The van der Waals surface area contributed by atoms with Crippen LogP contribution >= 0.6 is 11.6 Å². The highest BCUT2D eigenvalue weighted by Gasteiger charge is 2.20. The molecule has 0 fully saturated rings. The fraction of sp³-hybridized carbons (Fsp3) is 0.286. The van der Waals surface area contributed by atoms with Crippen molar-refractivity contribution in [3.05, 3.63) is 51.9 Å². The van der Waals surface area contributed by atoms with E-state index in [9.17, 15) is 4.79 Å². The van der Waals surface area contributed by atoms with Crippen molar-refractivity contribution in [2.45, 2.75) is 20.4 Å². The highest BCUT2D eigenvalue weighted by Crippen LogP contribution is 2.16. The summed E-state index contributed by atoms with van der Waals surface area (Å²) in [6.07, 6.45) is 0. The Kier molecular flexibility index (Phi) is 3.90. The van der Waals surface area contributed by atoms with Crippen LogP contribution in [0.2, 0.25) is 5.02 Å². The maximum Gasteiger partial charge on any atom is 0.259 e. The van der Waals surface area contributed by atoms with Gasteiger partial charge in [0.05, 0.1) is 5.69 Å². The summed E-state index contributed by atoms with van der Waals surface area (Å²) < 4.78 is 5.02. The number of amides is 1. The third-order valence-corrected chi connectivity index (χ3v) is 3.18. The number of aryl methyl sites for hydroxylation is 2. The van der Waals surface area contributed by atoms with Gasteiger partial charge in [0.25, 0.3) is 5.91 Å². The molecule has 0 bridgehead atoms. The average Bonchev–Trinajstić information content (AvgIpc) is 2.71. The van der Waals surface area contributed by atoms with Crippen LogP contribution in [-0.4, -0.2) is 23.0 Å². The minimum Gasteiger partial charge on any atom is -0.361 e. The smallest absolute Gasteiger partial charge is 0.259 e. The third-order valence-electron chi connectivity index (χ3n) is 2.93. The molecule has 2 aromatic rings. The highest BCUT2D eigenvalue weighted by atomic mass is 35.5. The van der Waals surface area contributed by atoms with Gasteiger partial charge < -0.3 is 9.42 Å². The molecule has 5 heteroatoms. The number of halogens is 1. The fourth-order valence-electron chi connectivity index (χ4n) is 1.91. The lowest BCUT2D eigenvalue weighted by Gasteiger charge is -2.17. The Labute approximate surface area is 117 Å². The second-order valence-electron chi connectivity index (χ2n) is 4.49. The number of nitrogens with zero attached hydrogens (tertiary/aromatic N) is 2. The zero-order valence-electron chi connectivity index (χ0n) is 11.1. The Morgan fingerprint density at radius 3 is 2.47 bits per heavy atom. The van der Waals surface area contributed by atoms with Crippen LogP contribution in [0.1, 0.15) is 27.4 Å². The van der Waals surface area contributed by atoms with Crippen LogP contribution in [0.3, 0.4) is 0 Å². The van der Waals surface area contributed by atoms with E-state index in [2.05, 4.69) is 5.16 Å². The number of aromatic nitrogens is 1. The molecule has 0 aliphatic heterocycles. The van der Waals surface area contributed by atoms with E-state index in [1.54, 1.807) is 25.8 Å². The van der Waals surface area contributed by atoms with Gasteiger partial charge in [0, 0.05) is 18.6 Å². The molecule has 100 valence electrons. The predicted octanol–water partition coefficient (Wildman–Crippen LogP) is 3.22. The van der Waals surface area contributed by atoms with Crippen molar-refractivity contribution < 1.29 is 9.32 Å². The summed E-state index contributed by atoms with van der Waals surface area (Å²) in [7, 11) is 1.75. The topological polar surface area (TPSA) is 46.3 Å². The summed E-state index contributed by atoms with van der Waals surface area (Å²) in [4.78, 5) is 14.0. The van der Waals surface area contributed by atoms with E-state index in [1.165, 1.54) is 0 Å². The molecule has 0 N–H and O–H groups in total. The van der Waals surface area contributed by atoms with E-state index in [1.807, 2.05) is 24.3 Å². The van der Waals surface area contributed by atoms with Crippen LogP contribution in [0.15, 0.2) is 28.8 Å². The van der Waals surface area contributed by atoms with Gasteiger partial charge in [0.15, 0.2) is 0 Å². The molecule has 2 rings (SSSR count). The van der Waals surface area contributed by atoms with Crippen LogP contribution in [0.4, 0.5) is 0 Å². The van der Waals surface area contributed by atoms with Crippen LogP contribution < -0.4 is 0 Å². The molecule has 0 radical (unpaired) electrons. The molecule has 1 aromatic heterocycles. The Hall–Kier alpha value is -1.81. The molecule has 0 unspecified atom stereocenters. The number of benzene rings is 1. The molecular weight excluding hydrogens is 264 g/mol. The van der Waals surface area contributed by atoms with Gasteiger partial charge in [-0.1, -0.05) is 28.9 Å². The highest BCUT2D eigenvalue weighted by molar-refractivity contribution is 6.30. The second kappa shape index (κ2) is 5.45. The lowest BCUT2D eigenvalue weighted by molar-refractivity contribution is 0.0782. The number of hydrogen-bond acceptors (Lipinski definition) is 3. The number of hydrogen-bond donors (Lipinski definition) is 0. The van der Waals surface area contributed by atoms with Crippen molar-refractivity contribution in [1.82, 2.24) is 10.1 Å². The van der Waals surface area contributed by atoms with Gasteiger partial charge in [-0.05, 0) is 31.5 Å². The molecule has 4 nitrogen and oxygen atoms in total. The zero-order valence-corrected chi connectivity index (χ0v) is 11.9. The van der Waals surface area contributed by atoms with E-state index >= 15 is 0 Å². The minimum absolute atomic E-state index is 0.0915. The quantitative estimate of drug-likeness (QED) is 0.866. The molecule has 1 amide bonds. The molecule has 0 saturated carbocycles. The van der Waals surface area contributed by atoms with Gasteiger partial charge in [0.1, 0.15) is 11.3 Å². The Balaban J connectivity index is 2.14. The van der Waals surface area contributed by atoms with Crippen molar-refractivity contribution in [1.29, 1.82) is 0 Å². The molecule has 0 aliphatic rings. The predicted molar refractivity (Wildman–Crippen MR) is 73.2 cm³/mol. The molecule has 0 aliphatic carbocycles. The van der Waals surface area contributed by atoms with Crippen LogP contribution in [0.25, 0.3) is 0 Å². The van der Waals surface area contributed by atoms with Crippen LogP contribution in [0, 0.1) is 13.8 Å².